The molecule has 6 nitrogen and oxygen atoms in total. The van der Waals surface area contributed by atoms with E-state index in [1.807, 2.05) is 0 Å². The van der Waals surface area contributed by atoms with Gasteiger partial charge in [-0.05, 0) is 18.2 Å². The number of hydrogen-bond donors (Lipinski definition) is 2. The lowest BCUT2D eigenvalue weighted by molar-refractivity contribution is -0.0846. The fourth-order valence-corrected chi connectivity index (χ4v) is 3.06. The largest absolute Gasteiger partial charge is 0.398 e. The number of hydrogen-bond acceptors (Lipinski definition) is 5. The third-order valence-electron chi connectivity index (χ3n) is 2.65. The molecule has 1 unspecified atom stereocenters. The molecule has 0 radical (unpaired) electrons. The molecule has 1 aromatic carbocycles. The van der Waals surface area contributed by atoms with Crippen LogP contribution in [0.2, 0.25) is 5.02 Å². The predicted molar refractivity (Wildman–Crippen MR) is 71.6 cm³/mol. The molecular weight excluding hydrogens is 292 g/mol. The molecular formula is C11H15ClN2O4S. The molecule has 2 rings (SSSR count). The Morgan fingerprint density at radius 3 is 2.84 bits per heavy atom. The summed E-state index contributed by atoms with van der Waals surface area (Å²) < 4.78 is 37.1. The topological polar surface area (TPSA) is 90.7 Å². The van der Waals surface area contributed by atoms with E-state index in [-0.39, 0.29) is 23.2 Å². The van der Waals surface area contributed by atoms with Crippen molar-refractivity contribution in [1.29, 1.82) is 0 Å². The Bertz CT molecular complexity index is 544. The molecule has 0 saturated carbocycles. The maximum absolute atomic E-state index is 12.1. The molecule has 1 fully saturated rings. The van der Waals surface area contributed by atoms with Gasteiger partial charge in [0.2, 0.25) is 10.0 Å². The zero-order chi connectivity index (χ0) is 13.9. The van der Waals surface area contributed by atoms with E-state index >= 15 is 0 Å². The van der Waals surface area contributed by atoms with Crippen molar-refractivity contribution < 1.29 is 17.9 Å². The van der Waals surface area contributed by atoms with Crippen molar-refractivity contribution in [2.75, 3.05) is 32.1 Å². The first kappa shape index (κ1) is 14.5. The van der Waals surface area contributed by atoms with Crippen LogP contribution in [0, 0.1) is 0 Å². The van der Waals surface area contributed by atoms with Crippen LogP contribution in [0.15, 0.2) is 23.1 Å². The number of halogens is 1. The van der Waals surface area contributed by atoms with Gasteiger partial charge in [-0.2, -0.15) is 0 Å². The van der Waals surface area contributed by atoms with Crippen LogP contribution < -0.4 is 10.5 Å². The Hall–Kier alpha value is -0.860. The summed E-state index contributed by atoms with van der Waals surface area (Å²) in [7, 11) is -3.68. The number of ether oxygens (including phenoxy) is 2. The van der Waals surface area contributed by atoms with Gasteiger partial charge in [-0.15, -0.1) is 0 Å². The van der Waals surface area contributed by atoms with Gasteiger partial charge >= 0.3 is 0 Å². The number of nitrogens with one attached hydrogen (secondary N) is 1. The molecule has 1 saturated heterocycles. The van der Waals surface area contributed by atoms with Gasteiger partial charge in [0.15, 0.2) is 0 Å². The molecule has 0 aromatic heterocycles. The fourth-order valence-electron chi connectivity index (χ4n) is 1.70. The summed E-state index contributed by atoms with van der Waals surface area (Å²) >= 11 is 5.73. The highest BCUT2D eigenvalue weighted by Crippen LogP contribution is 2.22. The third kappa shape index (κ3) is 3.80. The number of sulfonamides is 1. The van der Waals surface area contributed by atoms with Crippen molar-refractivity contribution in [2.45, 2.75) is 11.0 Å². The third-order valence-corrected chi connectivity index (χ3v) is 4.38. The number of nitrogens with two attached hydrogens (primary N) is 1. The molecule has 1 atom stereocenters. The minimum Gasteiger partial charge on any atom is -0.398 e. The Kier molecular flexibility index (Phi) is 4.64. The Balaban J connectivity index is 2.05. The summed E-state index contributed by atoms with van der Waals surface area (Å²) in [6.45, 7) is 1.52. The van der Waals surface area contributed by atoms with Crippen molar-refractivity contribution in [3.05, 3.63) is 23.2 Å². The molecule has 1 aliphatic heterocycles. The average Bonchev–Trinajstić information content (AvgIpc) is 2.37. The summed E-state index contributed by atoms with van der Waals surface area (Å²) in [4.78, 5) is 0.00799. The maximum Gasteiger partial charge on any atom is 0.242 e. The lowest BCUT2D eigenvalue weighted by Crippen LogP contribution is -2.39. The first-order chi connectivity index (χ1) is 8.99. The molecule has 0 amide bonds. The molecule has 0 aliphatic carbocycles. The van der Waals surface area contributed by atoms with Crippen molar-refractivity contribution in [3.8, 4) is 0 Å². The van der Waals surface area contributed by atoms with E-state index in [4.69, 9.17) is 26.8 Å². The van der Waals surface area contributed by atoms with Crippen LogP contribution in [-0.2, 0) is 19.5 Å². The molecule has 106 valence electrons. The Morgan fingerprint density at radius 1 is 1.42 bits per heavy atom. The monoisotopic (exact) mass is 306 g/mol. The van der Waals surface area contributed by atoms with Gasteiger partial charge in [0.25, 0.3) is 0 Å². The lowest BCUT2D eigenvalue weighted by Gasteiger charge is -2.23. The van der Waals surface area contributed by atoms with Gasteiger partial charge in [0.1, 0.15) is 4.90 Å². The maximum atomic E-state index is 12.1. The highest BCUT2D eigenvalue weighted by molar-refractivity contribution is 7.89. The number of benzene rings is 1. The van der Waals surface area contributed by atoms with Crippen LogP contribution in [0.1, 0.15) is 0 Å². The van der Waals surface area contributed by atoms with Crippen LogP contribution in [0.4, 0.5) is 5.69 Å². The van der Waals surface area contributed by atoms with E-state index in [0.717, 1.165) is 0 Å². The minimum absolute atomic E-state index is 0.00799. The zero-order valence-electron chi connectivity index (χ0n) is 10.1. The first-order valence-corrected chi connectivity index (χ1v) is 7.59. The summed E-state index contributed by atoms with van der Waals surface area (Å²) in [5.74, 6) is 0. The fraction of sp³-hybridized carbons (Fsp3) is 0.455. The average molecular weight is 307 g/mol. The van der Waals surface area contributed by atoms with Gasteiger partial charge in [-0.25, -0.2) is 13.1 Å². The number of anilines is 1. The van der Waals surface area contributed by atoms with Crippen LogP contribution in [0.5, 0.6) is 0 Å². The summed E-state index contributed by atoms with van der Waals surface area (Å²) in [6, 6.07) is 4.25. The first-order valence-electron chi connectivity index (χ1n) is 5.73. The van der Waals surface area contributed by atoms with Gasteiger partial charge in [-0.1, -0.05) is 11.6 Å². The molecule has 3 N–H and O–H groups in total. The van der Waals surface area contributed by atoms with Crippen LogP contribution in [0.3, 0.4) is 0 Å². The summed E-state index contributed by atoms with van der Waals surface area (Å²) in [5.41, 5.74) is 5.77. The Labute approximate surface area is 116 Å². The second-order valence-electron chi connectivity index (χ2n) is 4.10. The van der Waals surface area contributed by atoms with E-state index in [2.05, 4.69) is 4.72 Å². The van der Waals surface area contributed by atoms with E-state index in [0.29, 0.717) is 24.8 Å². The van der Waals surface area contributed by atoms with Crippen molar-refractivity contribution in [3.63, 3.8) is 0 Å². The van der Waals surface area contributed by atoms with Crippen molar-refractivity contribution in [2.24, 2.45) is 0 Å². The van der Waals surface area contributed by atoms with Gasteiger partial charge in [-0.3, -0.25) is 0 Å². The molecule has 19 heavy (non-hydrogen) atoms. The molecule has 1 heterocycles. The standard InChI is InChI=1S/C11H15ClN2O4S/c12-8-1-2-11(10(13)5-8)19(15,16)14-6-9-7-17-3-4-18-9/h1-2,5,9,14H,3-4,6-7,13H2. The molecule has 1 aromatic rings. The van der Waals surface area contributed by atoms with E-state index < -0.39 is 10.0 Å². The summed E-state index contributed by atoms with van der Waals surface area (Å²) in [5, 5.41) is 0.389. The molecule has 1 aliphatic rings. The predicted octanol–water partition coefficient (Wildman–Crippen LogP) is 0.616. The zero-order valence-corrected chi connectivity index (χ0v) is 11.7. The minimum atomic E-state index is -3.68. The normalized spacial score (nSPS) is 20.4. The van der Waals surface area contributed by atoms with Gasteiger partial charge < -0.3 is 15.2 Å². The highest BCUT2D eigenvalue weighted by atomic mass is 35.5. The quantitative estimate of drug-likeness (QED) is 0.796. The number of nitrogen functional groups attached to an aromatic ring is 1. The SMILES string of the molecule is Nc1cc(Cl)ccc1S(=O)(=O)NCC1COCCO1. The molecule has 0 bridgehead atoms. The van der Waals surface area contributed by atoms with E-state index in [1.54, 1.807) is 0 Å². The van der Waals surface area contributed by atoms with Gasteiger partial charge in [0, 0.05) is 11.6 Å². The van der Waals surface area contributed by atoms with Crippen LogP contribution >= 0.6 is 11.6 Å². The molecule has 0 spiro atoms. The highest BCUT2D eigenvalue weighted by Gasteiger charge is 2.21. The van der Waals surface area contributed by atoms with Crippen LogP contribution in [-0.4, -0.2) is 40.9 Å². The van der Waals surface area contributed by atoms with E-state index in [9.17, 15) is 8.42 Å². The van der Waals surface area contributed by atoms with Crippen molar-refractivity contribution >= 4 is 27.3 Å². The molecule has 8 heteroatoms. The van der Waals surface area contributed by atoms with Crippen LogP contribution in [0.25, 0.3) is 0 Å². The van der Waals surface area contributed by atoms with Crippen molar-refractivity contribution in [1.82, 2.24) is 4.72 Å². The smallest absolute Gasteiger partial charge is 0.242 e. The lowest BCUT2D eigenvalue weighted by atomic mass is 10.3. The Morgan fingerprint density at radius 2 is 2.21 bits per heavy atom. The van der Waals surface area contributed by atoms with Gasteiger partial charge in [0.05, 0.1) is 31.6 Å². The second-order valence-corrected chi connectivity index (χ2v) is 6.27. The second kappa shape index (κ2) is 6.06. The van der Waals surface area contributed by atoms with E-state index in [1.165, 1.54) is 18.2 Å². The number of rotatable bonds is 4. The summed E-state index contributed by atoms with van der Waals surface area (Å²) in [6.07, 6.45) is -0.281.